The van der Waals surface area contributed by atoms with Crippen molar-refractivity contribution in [2.75, 3.05) is 28.4 Å². The van der Waals surface area contributed by atoms with Crippen molar-refractivity contribution in [3.63, 3.8) is 0 Å². The molecular formula is C19H18F2O5. The van der Waals surface area contributed by atoms with Crippen LogP contribution >= 0.6 is 0 Å². The van der Waals surface area contributed by atoms with E-state index >= 15 is 0 Å². The summed E-state index contributed by atoms with van der Waals surface area (Å²) in [4.78, 5) is 12.4. The summed E-state index contributed by atoms with van der Waals surface area (Å²) in [6, 6.07) is 6.53. The number of ketones is 1. The van der Waals surface area contributed by atoms with E-state index in [1.165, 1.54) is 52.7 Å². The first kappa shape index (κ1) is 19.2. The fraction of sp³-hybridized carbons (Fsp3) is 0.211. The number of halogens is 2. The highest BCUT2D eigenvalue weighted by molar-refractivity contribution is 6.10. The Morgan fingerprint density at radius 1 is 0.885 bits per heavy atom. The predicted molar refractivity (Wildman–Crippen MR) is 92.5 cm³/mol. The zero-order valence-corrected chi connectivity index (χ0v) is 14.8. The van der Waals surface area contributed by atoms with Crippen LogP contribution in [0.15, 0.2) is 36.2 Å². The van der Waals surface area contributed by atoms with Gasteiger partial charge in [-0.15, -0.1) is 0 Å². The molecule has 2 aromatic rings. The molecule has 0 amide bonds. The Morgan fingerprint density at radius 3 is 1.92 bits per heavy atom. The zero-order chi connectivity index (χ0) is 19.3. The first-order valence-electron chi connectivity index (χ1n) is 7.50. The van der Waals surface area contributed by atoms with Crippen LogP contribution in [0, 0.1) is 5.82 Å². The zero-order valence-electron chi connectivity index (χ0n) is 14.8. The third kappa shape index (κ3) is 3.93. The molecule has 0 radical (unpaired) electrons. The largest absolute Gasteiger partial charge is 0.494 e. The van der Waals surface area contributed by atoms with Crippen molar-refractivity contribution in [3.05, 3.63) is 53.1 Å². The van der Waals surface area contributed by atoms with Gasteiger partial charge in [0.05, 0.1) is 28.4 Å². The minimum absolute atomic E-state index is 0.00207. The molecule has 26 heavy (non-hydrogen) atoms. The summed E-state index contributed by atoms with van der Waals surface area (Å²) < 4.78 is 48.3. The first-order chi connectivity index (χ1) is 12.4. The Hall–Kier alpha value is -3.09. The SMILES string of the molecule is COc1ccc(/C=C(\F)C(=O)c2cc(OC)c(OC)c(OC)c2)cc1F. The molecule has 0 heterocycles. The average molecular weight is 364 g/mol. The van der Waals surface area contributed by atoms with Crippen molar-refractivity contribution in [1.29, 1.82) is 0 Å². The summed E-state index contributed by atoms with van der Waals surface area (Å²) >= 11 is 0. The number of hydrogen-bond donors (Lipinski definition) is 0. The number of carbonyl (C=O) groups is 1. The summed E-state index contributed by atoms with van der Waals surface area (Å²) in [6.45, 7) is 0. The van der Waals surface area contributed by atoms with E-state index in [1.807, 2.05) is 0 Å². The fourth-order valence-corrected chi connectivity index (χ4v) is 2.33. The molecular weight excluding hydrogens is 346 g/mol. The van der Waals surface area contributed by atoms with Crippen LogP contribution in [-0.2, 0) is 0 Å². The van der Waals surface area contributed by atoms with Crippen molar-refractivity contribution >= 4 is 11.9 Å². The standard InChI is InChI=1S/C19H18F2O5/c1-23-15-6-5-11(7-13(15)20)8-14(21)18(22)12-9-16(24-2)19(26-4)17(10-12)25-3/h5-10H,1-4H3/b14-8-. The van der Waals surface area contributed by atoms with Crippen molar-refractivity contribution < 1.29 is 32.5 Å². The van der Waals surface area contributed by atoms with Gasteiger partial charge in [0.1, 0.15) is 0 Å². The fourth-order valence-electron chi connectivity index (χ4n) is 2.33. The Bertz CT molecular complexity index is 821. The van der Waals surface area contributed by atoms with Gasteiger partial charge in [0.2, 0.25) is 11.5 Å². The number of Topliss-reactive ketones (excluding diaryl/α,β-unsaturated/α-hetero) is 1. The predicted octanol–water partition coefficient (Wildman–Crippen LogP) is 4.05. The van der Waals surface area contributed by atoms with Gasteiger partial charge in [-0.2, -0.15) is 0 Å². The quantitative estimate of drug-likeness (QED) is 0.548. The van der Waals surface area contributed by atoms with Gasteiger partial charge in [0, 0.05) is 5.56 Å². The molecule has 0 bridgehead atoms. The van der Waals surface area contributed by atoms with Crippen LogP contribution in [0.3, 0.4) is 0 Å². The highest BCUT2D eigenvalue weighted by atomic mass is 19.1. The van der Waals surface area contributed by atoms with Crippen molar-refractivity contribution in [1.82, 2.24) is 0 Å². The number of rotatable bonds is 7. The summed E-state index contributed by atoms with van der Waals surface area (Å²) in [7, 11) is 5.51. The number of hydrogen-bond acceptors (Lipinski definition) is 5. The van der Waals surface area contributed by atoms with E-state index in [-0.39, 0.29) is 34.1 Å². The van der Waals surface area contributed by atoms with E-state index in [2.05, 4.69) is 0 Å². The van der Waals surface area contributed by atoms with Crippen molar-refractivity contribution in [2.24, 2.45) is 0 Å². The summed E-state index contributed by atoms with van der Waals surface area (Å²) in [5.41, 5.74) is 0.184. The van der Waals surface area contributed by atoms with Crippen LogP contribution in [0.2, 0.25) is 0 Å². The van der Waals surface area contributed by atoms with Gasteiger partial charge in [0.25, 0.3) is 0 Å². The van der Waals surface area contributed by atoms with Crippen LogP contribution < -0.4 is 18.9 Å². The Morgan fingerprint density at radius 2 is 1.46 bits per heavy atom. The number of benzene rings is 2. The second-order valence-electron chi connectivity index (χ2n) is 5.13. The van der Waals surface area contributed by atoms with Gasteiger partial charge in [-0.25, -0.2) is 8.78 Å². The Kier molecular flexibility index (Phi) is 6.16. The van der Waals surface area contributed by atoms with Gasteiger partial charge in [-0.1, -0.05) is 6.07 Å². The first-order valence-corrected chi connectivity index (χ1v) is 7.50. The molecule has 0 aliphatic carbocycles. The van der Waals surface area contributed by atoms with E-state index in [1.54, 1.807) is 0 Å². The summed E-state index contributed by atoms with van der Waals surface area (Å²) in [6.07, 6.45) is 0.939. The van der Waals surface area contributed by atoms with Crippen LogP contribution in [0.4, 0.5) is 8.78 Å². The second-order valence-corrected chi connectivity index (χ2v) is 5.13. The smallest absolute Gasteiger partial charge is 0.221 e. The number of ether oxygens (including phenoxy) is 4. The molecule has 7 heteroatoms. The molecule has 0 N–H and O–H groups in total. The van der Waals surface area contributed by atoms with E-state index in [9.17, 15) is 13.6 Å². The van der Waals surface area contributed by atoms with E-state index in [0.717, 1.165) is 12.1 Å². The van der Waals surface area contributed by atoms with Gasteiger partial charge in [-0.05, 0) is 35.9 Å². The van der Waals surface area contributed by atoms with Gasteiger partial charge in [0.15, 0.2) is 28.9 Å². The van der Waals surface area contributed by atoms with Crippen LogP contribution in [0.1, 0.15) is 15.9 Å². The number of methoxy groups -OCH3 is 4. The van der Waals surface area contributed by atoms with E-state index in [0.29, 0.717) is 0 Å². The topological polar surface area (TPSA) is 54.0 Å². The second kappa shape index (κ2) is 8.33. The van der Waals surface area contributed by atoms with Crippen molar-refractivity contribution in [2.45, 2.75) is 0 Å². The van der Waals surface area contributed by atoms with Crippen molar-refractivity contribution in [3.8, 4) is 23.0 Å². The maximum absolute atomic E-state index is 14.4. The lowest BCUT2D eigenvalue weighted by Gasteiger charge is -2.13. The molecule has 0 atom stereocenters. The maximum Gasteiger partial charge on any atom is 0.221 e. The third-order valence-electron chi connectivity index (χ3n) is 3.61. The highest BCUT2D eigenvalue weighted by Gasteiger charge is 2.19. The third-order valence-corrected chi connectivity index (χ3v) is 3.61. The Labute approximate surface area is 149 Å². The maximum atomic E-state index is 14.4. The van der Waals surface area contributed by atoms with Crippen LogP contribution in [0.25, 0.3) is 6.08 Å². The molecule has 2 aromatic carbocycles. The highest BCUT2D eigenvalue weighted by Crippen LogP contribution is 2.38. The van der Waals surface area contributed by atoms with Gasteiger partial charge < -0.3 is 18.9 Å². The molecule has 0 spiro atoms. The molecule has 138 valence electrons. The van der Waals surface area contributed by atoms with Crippen LogP contribution in [0.5, 0.6) is 23.0 Å². The lowest BCUT2D eigenvalue weighted by Crippen LogP contribution is -2.03. The molecule has 5 nitrogen and oxygen atoms in total. The lowest BCUT2D eigenvalue weighted by atomic mass is 10.1. The molecule has 2 rings (SSSR count). The van der Waals surface area contributed by atoms with Gasteiger partial charge in [-0.3, -0.25) is 4.79 Å². The summed E-state index contributed by atoms with van der Waals surface area (Å²) in [5.74, 6) is -1.87. The Balaban J connectivity index is 2.40. The molecule has 0 fully saturated rings. The minimum atomic E-state index is -1.07. The minimum Gasteiger partial charge on any atom is -0.494 e. The normalized spacial score (nSPS) is 11.1. The molecule has 0 aliphatic rings. The van der Waals surface area contributed by atoms with E-state index < -0.39 is 17.4 Å². The lowest BCUT2D eigenvalue weighted by molar-refractivity contribution is 0.101. The molecule has 0 saturated heterocycles. The molecule has 0 saturated carbocycles. The number of allylic oxidation sites excluding steroid dienone is 1. The number of carbonyl (C=O) groups excluding carboxylic acids is 1. The molecule has 0 aliphatic heterocycles. The summed E-state index contributed by atoms with van der Waals surface area (Å²) in [5, 5.41) is 0. The van der Waals surface area contributed by atoms with Gasteiger partial charge >= 0.3 is 0 Å². The average Bonchev–Trinajstić information content (AvgIpc) is 2.66. The van der Waals surface area contributed by atoms with Crippen LogP contribution in [-0.4, -0.2) is 34.2 Å². The molecule has 0 aromatic heterocycles. The monoisotopic (exact) mass is 364 g/mol. The molecule has 0 unspecified atom stereocenters. The van der Waals surface area contributed by atoms with E-state index in [4.69, 9.17) is 18.9 Å².